The van der Waals surface area contributed by atoms with Gasteiger partial charge in [0.2, 0.25) is 0 Å². The third-order valence-corrected chi connectivity index (χ3v) is 4.38. The van der Waals surface area contributed by atoms with Crippen LogP contribution >= 0.6 is 27.7 Å². The molecule has 0 radical (unpaired) electrons. The van der Waals surface area contributed by atoms with Crippen LogP contribution in [-0.4, -0.2) is 46.1 Å². The van der Waals surface area contributed by atoms with Crippen molar-refractivity contribution in [3.05, 3.63) is 45.6 Å². The molecule has 0 fully saturated rings. The monoisotopic (exact) mass is 442 g/mol. The van der Waals surface area contributed by atoms with E-state index in [1.807, 2.05) is 5.48 Å². The van der Waals surface area contributed by atoms with Crippen molar-refractivity contribution in [1.82, 2.24) is 21.1 Å². The number of thioether (sulfide) groups is 1. The van der Waals surface area contributed by atoms with Crippen LogP contribution in [0.15, 0.2) is 37.3 Å². The van der Waals surface area contributed by atoms with Gasteiger partial charge in [-0.15, -0.1) is 0 Å². The summed E-state index contributed by atoms with van der Waals surface area (Å²) in [4.78, 5) is 18.3. The number of aliphatic imine (C=N–C) groups is 1. The second-order valence-corrected chi connectivity index (χ2v) is 6.54. The molecule has 12 heteroatoms. The maximum Gasteiger partial charge on any atom is 0.300 e. The molecule has 3 N–H and O–H groups in total. The highest BCUT2D eigenvalue weighted by Gasteiger charge is 2.17. The molecule has 2 rings (SSSR count). The van der Waals surface area contributed by atoms with Gasteiger partial charge in [-0.05, 0) is 44.4 Å². The van der Waals surface area contributed by atoms with Crippen molar-refractivity contribution >= 4 is 45.1 Å². The van der Waals surface area contributed by atoms with Crippen LogP contribution in [0.5, 0.6) is 0 Å². The van der Waals surface area contributed by atoms with Crippen LogP contribution in [0.3, 0.4) is 0 Å². The van der Waals surface area contributed by atoms with Crippen LogP contribution < -0.4 is 10.8 Å². The molecule has 1 aromatic carbocycles. The number of hydrogen-bond donors (Lipinski definition) is 3. The molecule has 2 aromatic rings. The Balaban J connectivity index is 2.06. The van der Waals surface area contributed by atoms with Gasteiger partial charge < -0.3 is 10.2 Å². The summed E-state index contributed by atoms with van der Waals surface area (Å²) < 4.78 is 18.2. The molecular weight excluding hydrogens is 431 g/mol. The van der Waals surface area contributed by atoms with Crippen molar-refractivity contribution in [3.63, 3.8) is 0 Å². The lowest BCUT2D eigenvalue weighted by Gasteiger charge is -2.04. The first-order chi connectivity index (χ1) is 12.5. The standard InChI is InChI=1S/C14H12BrFN6O3S/c1-17-7-11(23)18-4-5-26-14-12(21-25-22-14)13(20-24)19-8-2-3-10(16)9(15)6-8/h2-3,6,24H,4-5,7H2,(H,18,23)(H,19,20). The van der Waals surface area contributed by atoms with Crippen molar-refractivity contribution in [2.24, 2.45) is 4.99 Å². The number of nitrogens with zero attached hydrogens (tertiary/aromatic N) is 4. The summed E-state index contributed by atoms with van der Waals surface area (Å²) in [6, 6.07) is 4.07. The zero-order chi connectivity index (χ0) is 18.9. The number of hydroxylamine groups is 1. The highest BCUT2D eigenvalue weighted by atomic mass is 79.9. The number of halogens is 2. The van der Waals surface area contributed by atoms with E-state index in [0.29, 0.717) is 23.0 Å². The van der Waals surface area contributed by atoms with Crippen LogP contribution in [0.1, 0.15) is 5.69 Å². The van der Waals surface area contributed by atoms with Gasteiger partial charge in [-0.2, -0.15) is 0 Å². The first kappa shape index (κ1) is 19.8. The summed E-state index contributed by atoms with van der Waals surface area (Å²) >= 11 is 4.27. The van der Waals surface area contributed by atoms with E-state index in [4.69, 9.17) is 6.57 Å². The van der Waals surface area contributed by atoms with Crippen molar-refractivity contribution in [2.75, 3.05) is 18.8 Å². The Morgan fingerprint density at radius 2 is 2.31 bits per heavy atom. The molecule has 136 valence electrons. The quantitative estimate of drug-likeness (QED) is 0.150. The number of carbonyl (C=O) groups excluding carboxylic acids is 1. The molecular formula is C14H12BrFN6O3S. The number of nitrogens with one attached hydrogen (secondary N) is 2. The maximum absolute atomic E-state index is 13.3. The largest absolute Gasteiger partial charge is 0.349 e. The Morgan fingerprint density at radius 1 is 1.50 bits per heavy atom. The predicted octanol–water partition coefficient (Wildman–Crippen LogP) is 2.16. The number of aromatic nitrogens is 2. The average molecular weight is 443 g/mol. The Hall–Kier alpha value is -2.49. The van der Waals surface area contributed by atoms with Crippen molar-refractivity contribution < 1.29 is 19.0 Å². The number of amidine groups is 1. The molecule has 0 saturated carbocycles. The fraction of sp³-hybridized carbons (Fsp3) is 0.214. The topological polar surface area (TPSA) is 117 Å². The van der Waals surface area contributed by atoms with Crippen molar-refractivity contribution in [1.29, 1.82) is 0 Å². The second-order valence-electron chi connectivity index (χ2n) is 4.60. The fourth-order valence-electron chi connectivity index (χ4n) is 1.70. The van der Waals surface area contributed by atoms with E-state index in [-0.39, 0.29) is 28.5 Å². The molecule has 0 aliphatic heterocycles. The van der Waals surface area contributed by atoms with Gasteiger partial charge in [0.1, 0.15) is 5.82 Å². The molecule has 1 aromatic heterocycles. The van der Waals surface area contributed by atoms with Gasteiger partial charge in [0.05, 0.1) is 10.2 Å². The van der Waals surface area contributed by atoms with Gasteiger partial charge in [-0.25, -0.2) is 20.6 Å². The number of hydrogen-bond acceptors (Lipinski definition) is 7. The van der Waals surface area contributed by atoms with E-state index < -0.39 is 5.82 Å². The van der Waals surface area contributed by atoms with Gasteiger partial charge in [0, 0.05) is 12.3 Å². The Bertz CT molecular complexity index is 853. The van der Waals surface area contributed by atoms with E-state index >= 15 is 0 Å². The Labute approximate surface area is 159 Å². The van der Waals surface area contributed by atoms with Crippen LogP contribution in [0, 0.1) is 12.4 Å². The summed E-state index contributed by atoms with van der Waals surface area (Å²) in [5.74, 6) is -0.405. The molecule has 0 unspecified atom stereocenters. The Kier molecular flexibility index (Phi) is 7.52. The SMILES string of the molecule is [C-]#[N+]CC(=O)NCCSc1nonc1C(=Nc1ccc(F)c(Br)c1)NO. The highest BCUT2D eigenvalue weighted by Crippen LogP contribution is 2.24. The molecule has 1 heterocycles. The molecule has 0 aliphatic rings. The summed E-state index contributed by atoms with van der Waals surface area (Å²) in [7, 11) is 0. The lowest BCUT2D eigenvalue weighted by atomic mass is 10.3. The molecule has 0 saturated heterocycles. The molecule has 0 spiro atoms. The van der Waals surface area contributed by atoms with Crippen LogP contribution in [0.25, 0.3) is 4.85 Å². The lowest BCUT2D eigenvalue weighted by Crippen LogP contribution is -2.27. The average Bonchev–Trinajstić information content (AvgIpc) is 3.08. The van der Waals surface area contributed by atoms with Gasteiger partial charge >= 0.3 is 0 Å². The molecule has 1 amide bonds. The number of amides is 1. The fourth-order valence-corrected chi connectivity index (χ4v) is 2.82. The minimum absolute atomic E-state index is 0.0377. The molecule has 0 aliphatic carbocycles. The van der Waals surface area contributed by atoms with Crippen LogP contribution in [0.4, 0.5) is 10.1 Å². The van der Waals surface area contributed by atoms with Gasteiger partial charge in [-0.1, -0.05) is 11.8 Å². The Morgan fingerprint density at radius 3 is 3.00 bits per heavy atom. The first-order valence-electron chi connectivity index (χ1n) is 7.04. The minimum Gasteiger partial charge on any atom is -0.349 e. The first-order valence-corrected chi connectivity index (χ1v) is 8.82. The second kappa shape index (κ2) is 9.85. The normalized spacial score (nSPS) is 11.1. The summed E-state index contributed by atoms with van der Waals surface area (Å²) in [6.45, 7) is 6.69. The van der Waals surface area contributed by atoms with Gasteiger partial charge in [0.15, 0.2) is 16.6 Å². The third-order valence-electron chi connectivity index (χ3n) is 2.82. The smallest absolute Gasteiger partial charge is 0.300 e. The molecule has 0 bridgehead atoms. The molecule has 26 heavy (non-hydrogen) atoms. The van der Waals surface area contributed by atoms with E-state index in [9.17, 15) is 14.4 Å². The van der Waals surface area contributed by atoms with Crippen LogP contribution in [-0.2, 0) is 4.79 Å². The van der Waals surface area contributed by atoms with Crippen LogP contribution in [0.2, 0.25) is 0 Å². The van der Waals surface area contributed by atoms with E-state index in [1.165, 1.54) is 30.0 Å². The summed E-state index contributed by atoms with van der Waals surface area (Å²) in [5, 5.41) is 19.7. The number of benzene rings is 1. The number of rotatable bonds is 7. The van der Waals surface area contributed by atoms with Gasteiger partial charge in [-0.3, -0.25) is 15.5 Å². The van der Waals surface area contributed by atoms with E-state index in [0.717, 1.165) is 0 Å². The lowest BCUT2D eigenvalue weighted by molar-refractivity contribution is -0.119. The summed E-state index contributed by atoms with van der Waals surface area (Å²) in [5.41, 5.74) is 2.43. The maximum atomic E-state index is 13.3. The predicted molar refractivity (Wildman–Crippen MR) is 94.7 cm³/mol. The van der Waals surface area contributed by atoms with E-state index in [1.54, 1.807) is 0 Å². The molecule has 0 atom stereocenters. The zero-order valence-electron chi connectivity index (χ0n) is 13.1. The summed E-state index contributed by atoms with van der Waals surface area (Å²) in [6.07, 6.45) is 0. The van der Waals surface area contributed by atoms with E-state index in [2.05, 4.69) is 46.0 Å². The van der Waals surface area contributed by atoms with Gasteiger partial charge in [0.25, 0.3) is 12.5 Å². The minimum atomic E-state index is -0.443. The molecule has 9 nitrogen and oxygen atoms in total. The third kappa shape index (κ3) is 5.51. The van der Waals surface area contributed by atoms with Crippen molar-refractivity contribution in [2.45, 2.75) is 5.03 Å². The van der Waals surface area contributed by atoms with Crippen molar-refractivity contribution in [3.8, 4) is 0 Å². The highest BCUT2D eigenvalue weighted by molar-refractivity contribution is 9.10. The zero-order valence-corrected chi connectivity index (χ0v) is 15.5. The number of carbonyl (C=O) groups is 1.